The Morgan fingerprint density at radius 2 is 1.85 bits per heavy atom. The molecule has 0 bridgehead atoms. The van der Waals surface area contributed by atoms with Crippen LogP contribution in [0.3, 0.4) is 0 Å². The van der Waals surface area contributed by atoms with Crippen molar-refractivity contribution in [2.75, 3.05) is 20.3 Å². The number of hydrogen-bond donors (Lipinski definition) is 0. The number of ether oxygens (including phenoxy) is 1. The molecule has 20 heavy (non-hydrogen) atoms. The monoisotopic (exact) mass is 321 g/mol. The van der Waals surface area contributed by atoms with Crippen LogP contribution in [0.4, 0.5) is 0 Å². The number of nitrogens with zero attached hydrogens (tertiary/aromatic N) is 1. The van der Waals surface area contributed by atoms with Crippen molar-refractivity contribution in [3.63, 3.8) is 0 Å². The third-order valence-corrected chi connectivity index (χ3v) is 6.17. The fraction of sp³-hybridized carbons (Fsp3) is 0.692. The zero-order valence-electron chi connectivity index (χ0n) is 12.0. The number of rotatable bonds is 4. The second-order valence-electron chi connectivity index (χ2n) is 5.02. The second-order valence-corrected chi connectivity index (χ2v) is 7.22. The SMILES string of the molecule is Cc1oc(C)c(S(=O)(=O)N(C)C2CCOCC2)c1CCl. The van der Waals surface area contributed by atoms with Gasteiger partial charge in [0.15, 0.2) is 0 Å². The third kappa shape index (κ3) is 2.74. The Morgan fingerprint density at radius 3 is 2.40 bits per heavy atom. The zero-order chi connectivity index (χ0) is 14.9. The van der Waals surface area contributed by atoms with Gasteiger partial charge in [0.25, 0.3) is 0 Å². The van der Waals surface area contributed by atoms with Crippen LogP contribution in [-0.2, 0) is 20.6 Å². The maximum Gasteiger partial charge on any atom is 0.246 e. The zero-order valence-corrected chi connectivity index (χ0v) is 13.6. The van der Waals surface area contributed by atoms with Gasteiger partial charge in [-0.25, -0.2) is 8.42 Å². The smallest absolute Gasteiger partial charge is 0.246 e. The highest BCUT2D eigenvalue weighted by atomic mass is 35.5. The largest absolute Gasteiger partial charge is 0.465 e. The van der Waals surface area contributed by atoms with E-state index in [4.69, 9.17) is 20.8 Å². The summed E-state index contributed by atoms with van der Waals surface area (Å²) in [5, 5.41) is 0. The van der Waals surface area contributed by atoms with Gasteiger partial charge in [0.2, 0.25) is 10.0 Å². The normalized spacial score (nSPS) is 17.9. The number of sulfonamides is 1. The molecule has 0 atom stereocenters. The molecule has 0 amide bonds. The first kappa shape index (κ1) is 15.8. The summed E-state index contributed by atoms with van der Waals surface area (Å²) in [7, 11) is -1.98. The molecule has 1 saturated heterocycles. The lowest BCUT2D eigenvalue weighted by atomic mass is 10.1. The predicted octanol–water partition coefficient (Wildman–Crippen LogP) is 2.43. The quantitative estimate of drug-likeness (QED) is 0.799. The minimum atomic E-state index is -3.59. The number of furan rings is 1. The highest BCUT2D eigenvalue weighted by molar-refractivity contribution is 7.89. The highest BCUT2D eigenvalue weighted by Gasteiger charge is 2.34. The fourth-order valence-electron chi connectivity index (χ4n) is 2.59. The first-order valence-corrected chi connectivity index (χ1v) is 8.57. The molecule has 0 radical (unpaired) electrons. The molecule has 5 nitrogen and oxygen atoms in total. The minimum Gasteiger partial charge on any atom is -0.465 e. The fourth-order valence-corrected chi connectivity index (χ4v) is 4.82. The van der Waals surface area contributed by atoms with Crippen LogP contribution in [0.5, 0.6) is 0 Å². The minimum absolute atomic E-state index is 0.0356. The van der Waals surface area contributed by atoms with Crippen LogP contribution in [0.1, 0.15) is 29.9 Å². The lowest BCUT2D eigenvalue weighted by Gasteiger charge is -2.30. The van der Waals surface area contributed by atoms with E-state index in [1.54, 1.807) is 20.9 Å². The van der Waals surface area contributed by atoms with Gasteiger partial charge >= 0.3 is 0 Å². The molecule has 0 N–H and O–H groups in total. The van der Waals surface area contributed by atoms with Crippen LogP contribution >= 0.6 is 11.6 Å². The number of alkyl halides is 1. The van der Waals surface area contributed by atoms with E-state index in [9.17, 15) is 8.42 Å². The molecule has 7 heteroatoms. The van der Waals surface area contributed by atoms with Crippen LogP contribution in [0.25, 0.3) is 0 Å². The Labute approximate surface area is 124 Å². The van der Waals surface area contributed by atoms with E-state index >= 15 is 0 Å². The lowest BCUT2D eigenvalue weighted by Crippen LogP contribution is -2.40. The summed E-state index contributed by atoms with van der Waals surface area (Å²) in [5.74, 6) is 1.09. The molecule has 1 aromatic rings. The van der Waals surface area contributed by atoms with Gasteiger partial charge in [-0.1, -0.05) is 0 Å². The number of aryl methyl sites for hydroxylation is 2. The van der Waals surface area contributed by atoms with E-state index in [-0.39, 0.29) is 16.8 Å². The first-order chi connectivity index (χ1) is 9.39. The Balaban J connectivity index is 2.39. The van der Waals surface area contributed by atoms with Gasteiger partial charge in [0.05, 0.1) is 5.88 Å². The molecule has 0 aromatic carbocycles. The summed E-state index contributed by atoms with van der Waals surface area (Å²) in [6.45, 7) is 4.58. The van der Waals surface area contributed by atoms with Crippen LogP contribution in [0.2, 0.25) is 0 Å². The van der Waals surface area contributed by atoms with Crippen molar-refractivity contribution in [3.8, 4) is 0 Å². The summed E-state index contributed by atoms with van der Waals surface area (Å²) in [6.07, 6.45) is 1.42. The second kappa shape index (κ2) is 6.05. The molecule has 1 fully saturated rings. The molecule has 2 heterocycles. The van der Waals surface area contributed by atoms with Crippen molar-refractivity contribution in [2.24, 2.45) is 0 Å². The maximum atomic E-state index is 12.8. The average Bonchev–Trinajstić information content (AvgIpc) is 2.73. The predicted molar refractivity (Wildman–Crippen MR) is 76.5 cm³/mol. The van der Waals surface area contributed by atoms with Gasteiger partial charge < -0.3 is 9.15 Å². The standard InChI is InChI=1S/C13H20ClNO4S/c1-9-12(8-14)13(10(2)19-9)20(16,17)15(3)11-4-6-18-7-5-11/h11H,4-8H2,1-3H3. The van der Waals surface area contributed by atoms with Crippen LogP contribution in [-0.4, -0.2) is 39.0 Å². The maximum absolute atomic E-state index is 12.8. The van der Waals surface area contributed by atoms with Crippen LogP contribution in [0, 0.1) is 13.8 Å². The summed E-state index contributed by atoms with van der Waals surface area (Å²) in [4.78, 5) is 0.221. The van der Waals surface area contributed by atoms with Crippen molar-refractivity contribution < 1.29 is 17.6 Å². The van der Waals surface area contributed by atoms with E-state index in [0.29, 0.717) is 43.1 Å². The van der Waals surface area contributed by atoms with Crippen molar-refractivity contribution in [1.29, 1.82) is 0 Å². The third-order valence-electron chi connectivity index (χ3n) is 3.80. The molecular formula is C13H20ClNO4S. The molecule has 0 spiro atoms. The summed E-state index contributed by atoms with van der Waals surface area (Å²) in [6, 6.07) is -0.0356. The van der Waals surface area contributed by atoms with Crippen LogP contribution < -0.4 is 0 Å². The Bertz CT molecular complexity index is 575. The Hall–Kier alpha value is -0.560. The van der Waals surface area contributed by atoms with Gasteiger partial charge in [0, 0.05) is 31.9 Å². The summed E-state index contributed by atoms with van der Waals surface area (Å²) >= 11 is 5.88. The molecule has 1 aromatic heterocycles. The van der Waals surface area contributed by atoms with E-state index in [0.717, 1.165) is 0 Å². The molecular weight excluding hydrogens is 302 g/mol. The van der Waals surface area contributed by atoms with Gasteiger partial charge in [-0.05, 0) is 26.7 Å². The van der Waals surface area contributed by atoms with Crippen LogP contribution in [0.15, 0.2) is 9.31 Å². The average molecular weight is 322 g/mol. The lowest BCUT2D eigenvalue weighted by molar-refractivity contribution is 0.0632. The van der Waals surface area contributed by atoms with E-state index < -0.39 is 10.0 Å². The molecule has 1 aliphatic rings. The van der Waals surface area contributed by atoms with Crippen molar-refractivity contribution >= 4 is 21.6 Å². The van der Waals surface area contributed by atoms with Gasteiger partial charge in [-0.2, -0.15) is 4.31 Å². The molecule has 2 rings (SSSR count). The van der Waals surface area contributed by atoms with Crippen molar-refractivity contribution in [3.05, 3.63) is 17.1 Å². The topological polar surface area (TPSA) is 59.8 Å². The molecule has 114 valence electrons. The molecule has 0 aliphatic carbocycles. The van der Waals surface area contributed by atoms with E-state index in [2.05, 4.69) is 0 Å². The summed E-state index contributed by atoms with van der Waals surface area (Å²) < 4.78 is 37.8. The first-order valence-electron chi connectivity index (χ1n) is 6.60. The van der Waals surface area contributed by atoms with E-state index in [1.807, 2.05) is 0 Å². The molecule has 0 saturated carbocycles. The van der Waals surface area contributed by atoms with Crippen molar-refractivity contribution in [2.45, 2.75) is 43.5 Å². The Morgan fingerprint density at radius 1 is 1.25 bits per heavy atom. The number of hydrogen-bond acceptors (Lipinski definition) is 4. The molecule has 0 unspecified atom stereocenters. The van der Waals surface area contributed by atoms with E-state index in [1.165, 1.54) is 4.31 Å². The summed E-state index contributed by atoms with van der Waals surface area (Å²) in [5.41, 5.74) is 0.558. The van der Waals surface area contributed by atoms with Crippen molar-refractivity contribution in [1.82, 2.24) is 4.31 Å². The van der Waals surface area contributed by atoms with Gasteiger partial charge in [0.1, 0.15) is 16.4 Å². The highest BCUT2D eigenvalue weighted by Crippen LogP contribution is 2.31. The van der Waals surface area contributed by atoms with Gasteiger partial charge in [-0.15, -0.1) is 11.6 Å². The molecule has 1 aliphatic heterocycles. The van der Waals surface area contributed by atoms with Gasteiger partial charge in [-0.3, -0.25) is 0 Å². The number of halogens is 1. The Kier molecular flexibility index (Phi) is 4.79.